The fraction of sp³-hybridized carbons (Fsp3) is 0.600. The number of nitrogens with two attached hydrogens (primary N) is 1. The van der Waals surface area contributed by atoms with Crippen molar-refractivity contribution in [3.05, 3.63) is 21.4 Å². The minimum atomic E-state index is -4.20. The van der Waals surface area contributed by atoms with Gasteiger partial charge in [-0.15, -0.1) is 11.3 Å². The van der Waals surface area contributed by atoms with Crippen molar-refractivity contribution in [2.24, 2.45) is 5.73 Å². The molecule has 1 aromatic heterocycles. The minimum Gasteiger partial charge on any atom is -0.329 e. The van der Waals surface area contributed by atoms with Crippen molar-refractivity contribution < 1.29 is 13.2 Å². The van der Waals surface area contributed by atoms with Crippen LogP contribution in [0.2, 0.25) is 0 Å². The summed E-state index contributed by atoms with van der Waals surface area (Å²) in [7, 11) is 0. The van der Waals surface area contributed by atoms with Gasteiger partial charge in [0.25, 0.3) is 0 Å². The number of aryl methyl sites for hydroxylation is 2. The molecule has 0 aliphatic rings. The molecule has 0 bridgehead atoms. The summed E-state index contributed by atoms with van der Waals surface area (Å²) in [5.74, 6) is 0. The lowest BCUT2D eigenvalue weighted by molar-refractivity contribution is -0.126. The predicted molar refractivity (Wildman–Crippen MR) is 59.6 cm³/mol. The second-order valence-electron chi connectivity index (χ2n) is 3.65. The van der Waals surface area contributed by atoms with E-state index in [1.165, 1.54) is 0 Å². The van der Waals surface area contributed by atoms with Crippen LogP contribution in [0, 0.1) is 13.8 Å². The smallest absolute Gasteiger partial charge is 0.329 e. The molecule has 0 aliphatic carbocycles. The molecule has 0 aromatic carbocycles. The third-order valence-corrected chi connectivity index (χ3v) is 3.22. The van der Waals surface area contributed by atoms with Crippen LogP contribution >= 0.6 is 11.3 Å². The third kappa shape index (κ3) is 3.77. The lowest BCUT2D eigenvalue weighted by Gasteiger charge is -2.18. The van der Waals surface area contributed by atoms with E-state index < -0.39 is 18.8 Å². The van der Waals surface area contributed by atoms with Crippen molar-refractivity contribution in [2.45, 2.75) is 26.1 Å². The van der Waals surface area contributed by atoms with Crippen LogP contribution in [0.15, 0.2) is 6.07 Å². The van der Waals surface area contributed by atoms with Crippen LogP contribution in [0.4, 0.5) is 13.2 Å². The third-order valence-electron chi connectivity index (χ3n) is 2.24. The average molecular weight is 252 g/mol. The summed E-state index contributed by atoms with van der Waals surface area (Å²) in [6.07, 6.45) is -4.20. The summed E-state index contributed by atoms with van der Waals surface area (Å²) in [5.41, 5.74) is 6.36. The van der Waals surface area contributed by atoms with Crippen LogP contribution in [0.25, 0.3) is 0 Å². The van der Waals surface area contributed by atoms with Gasteiger partial charge in [0.15, 0.2) is 0 Å². The van der Waals surface area contributed by atoms with E-state index in [-0.39, 0.29) is 6.54 Å². The Hall–Kier alpha value is -0.590. The van der Waals surface area contributed by atoms with Gasteiger partial charge in [-0.25, -0.2) is 0 Å². The van der Waals surface area contributed by atoms with E-state index in [2.05, 4.69) is 5.32 Å². The van der Waals surface area contributed by atoms with E-state index >= 15 is 0 Å². The molecule has 1 rings (SSSR count). The predicted octanol–water partition coefficient (Wildman–Crippen LogP) is 2.52. The number of thiophene rings is 1. The van der Waals surface area contributed by atoms with Crippen molar-refractivity contribution in [3.8, 4) is 0 Å². The maximum Gasteiger partial charge on any atom is 0.401 e. The quantitative estimate of drug-likeness (QED) is 0.864. The van der Waals surface area contributed by atoms with E-state index in [0.717, 1.165) is 15.3 Å². The topological polar surface area (TPSA) is 38.0 Å². The van der Waals surface area contributed by atoms with E-state index in [1.807, 2.05) is 19.9 Å². The van der Waals surface area contributed by atoms with Gasteiger partial charge in [-0.05, 0) is 25.5 Å². The summed E-state index contributed by atoms with van der Waals surface area (Å²) in [6.45, 7) is 2.97. The van der Waals surface area contributed by atoms with Gasteiger partial charge < -0.3 is 11.1 Å². The Morgan fingerprint density at radius 2 is 2.06 bits per heavy atom. The zero-order valence-corrected chi connectivity index (χ0v) is 10.0. The molecule has 1 unspecified atom stereocenters. The molecule has 0 spiro atoms. The van der Waals surface area contributed by atoms with E-state index in [9.17, 15) is 13.2 Å². The first-order chi connectivity index (χ1) is 7.33. The molecule has 0 amide bonds. The van der Waals surface area contributed by atoms with Crippen LogP contribution < -0.4 is 11.1 Å². The molecule has 0 aliphatic heterocycles. The highest BCUT2D eigenvalue weighted by molar-refractivity contribution is 7.12. The zero-order chi connectivity index (χ0) is 12.3. The molecule has 16 heavy (non-hydrogen) atoms. The number of halogens is 3. The van der Waals surface area contributed by atoms with Crippen LogP contribution in [0.5, 0.6) is 0 Å². The van der Waals surface area contributed by atoms with Gasteiger partial charge >= 0.3 is 6.18 Å². The van der Waals surface area contributed by atoms with Crippen LogP contribution in [-0.2, 0) is 0 Å². The molecule has 0 radical (unpaired) electrons. The van der Waals surface area contributed by atoms with E-state index in [4.69, 9.17) is 5.73 Å². The summed E-state index contributed by atoms with van der Waals surface area (Å²) in [4.78, 5) is 2.10. The van der Waals surface area contributed by atoms with E-state index in [1.54, 1.807) is 11.3 Å². The zero-order valence-electron chi connectivity index (χ0n) is 9.19. The van der Waals surface area contributed by atoms with Crippen LogP contribution in [0.3, 0.4) is 0 Å². The molecule has 1 aromatic rings. The van der Waals surface area contributed by atoms with Crippen molar-refractivity contribution in [2.75, 3.05) is 13.1 Å². The first-order valence-corrected chi connectivity index (χ1v) is 5.72. The number of hydrogen-bond acceptors (Lipinski definition) is 3. The standard InChI is InChI=1S/C10H15F3N2S/c1-6-3-8(7(2)16-6)9(4-14)15-5-10(11,12)13/h3,9,15H,4-5,14H2,1-2H3. The Labute approximate surface area is 96.6 Å². The number of nitrogens with one attached hydrogen (secondary N) is 1. The van der Waals surface area contributed by atoms with Gasteiger partial charge in [0, 0.05) is 22.3 Å². The molecule has 2 nitrogen and oxygen atoms in total. The second-order valence-corrected chi connectivity index (χ2v) is 5.11. The molecule has 1 heterocycles. The Bertz CT molecular complexity index is 346. The minimum absolute atomic E-state index is 0.160. The molecule has 92 valence electrons. The highest BCUT2D eigenvalue weighted by Gasteiger charge is 2.28. The summed E-state index contributed by atoms with van der Waals surface area (Å²) in [6, 6.07) is 1.47. The molecular formula is C10H15F3N2S. The number of hydrogen-bond donors (Lipinski definition) is 2. The van der Waals surface area contributed by atoms with Gasteiger partial charge in [-0.3, -0.25) is 0 Å². The van der Waals surface area contributed by atoms with Crippen molar-refractivity contribution in [3.63, 3.8) is 0 Å². The maximum atomic E-state index is 12.1. The number of rotatable bonds is 4. The molecule has 0 fully saturated rings. The monoisotopic (exact) mass is 252 g/mol. The Balaban J connectivity index is 2.71. The Kier molecular flexibility index (Phi) is 4.35. The summed E-state index contributed by atoms with van der Waals surface area (Å²) >= 11 is 1.57. The fourth-order valence-electron chi connectivity index (χ4n) is 1.56. The molecule has 1 atom stereocenters. The first kappa shape index (κ1) is 13.5. The van der Waals surface area contributed by atoms with Gasteiger partial charge in [0.05, 0.1) is 6.54 Å². The highest BCUT2D eigenvalue weighted by Crippen LogP contribution is 2.26. The molecule has 6 heteroatoms. The van der Waals surface area contributed by atoms with Crippen LogP contribution in [-0.4, -0.2) is 19.3 Å². The molecule has 3 N–H and O–H groups in total. The highest BCUT2D eigenvalue weighted by atomic mass is 32.1. The lowest BCUT2D eigenvalue weighted by atomic mass is 10.1. The lowest BCUT2D eigenvalue weighted by Crippen LogP contribution is -2.35. The van der Waals surface area contributed by atoms with Gasteiger partial charge in [0.1, 0.15) is 0 Å². The molecule has 0 saturated carbocycles. The van der Waals surface area contributed by atoms with Gasteiger partial charge in [0.2, 0.25) is 0 Å². The largest absolute Gasteiger partial charge is 0.401 e. The Morgan fingerprint density at radius 1 is 1.44 bits per heavy atom. The average Bonchev–Trinajstić information content (AvgIpc) is 2.45. The van der Waals surface area contributed by atoms with Crippen molar-refractivity contribution in [1.82, 2.24) is 5.32 Å². The summed E-state index contributed by atoms with van der Waals surface area (Å²) in [5, 5.41) is 2.44. The Morgan fingerprint density at radius 3 is 2.44 bits per heavy atom. The van der Waals surface area contributed by atoms with Crippen molar-refractivity contribution in [1.29, 1.82) is 0 Å². The van der Waals surface area contributed by atoms with Gasteiger partial charge in [-0.1, -0.05) is 0 Å². The fourth-order valence-corrected chi connectivity index (χ4v) is 2.54. The first-order valence-electron chi connectivity index (χ1n) is 4.90. The van der Waals surface area contributed by atoms with E-state index in [0.29, 0.717) is 0 Å². The normalized spacial score (nSPS) is 14.1. The number of alkyl halides is 3. The molecular weight excluding hydrogens is 237 g/mol. The van der Waals surface area contributed by atoms with Crippen LogP contribution in [0.1, 0.15) is 21.4 Å². The van der Waals surface area contributed by atoms with Gasteiger partial charge in [-0.2, -0.15) is 13.2 Å². The molecule has 0 saturated heterocycles. The summed E-state index contributed by atoms with van der Waals surface area (Å²) < 4.78 is 36.2. The van der Waals surface area contributed by atoms with Crippen molar-refractivity contribution >= 4 is 11.3 Å². The maximum absolute atomic E-state index is 12.1. The SMILES string of the molecule is Cc1cc(C(CN)NCC(F)(F)F)c(C)s1. The second kappa shape index (κ2) is 5.16.